The van der Waals surface area contributed by atoms with Gasteiger partial charge in [-0.3, -0.25) is 14.1 Å². The molecule has 56 heavy (non-hydrogen) atoms. The molecule has 1 unspecified atom stereocenters. The fraction of sp³-hybridized carbons (Fsp3) is 0.302. The Hall–Kier alpha value is -5.11. The fourth-order valence-corrected chi connectivity index (χ4v) is 8.21. The van der Waals surface area contributed by atoms with Gasteiger partial charge in [-0.1, -0.05) is 89.3 Å². The molecule has 0 saturated carbocycles. The number of unbranched alkanes of at least 4 members (excludes halogenated alkanes) is 2. The number of amides is 1. The first-order valence-corrected chi connectivity index (χ1v) is 20.8. The van der Waals surface area contributed by atoms with Crippen molar-refractivity contribution in [3.05, 3.63) is 112 Å². The maximum absolute atomic E-state index is 12.4. The van der Waals surface area contributed by atoms with Crippen LogP contribution in [0.25, 0.3) is 34.3 Å². The van der Waals surface area contributed by atoms with E-state index in [1.165, 1.54) is 5.56 Å². The number of hydrogen-bond donors (Lipinski definition) is 4. The van der Waals surface area contributed by atoms with Gasteiger partial charge in [0.25, 0.3) is 10.1 Å². The Morgan fingerprint density at radius 2 is 1.70 bits per heavy atom. The van der Waals surface area contributed by atoms with Crippen molar-refractivity contribution in [2.75, 3.05) is 12.3 Å². The Kier molecular flexibility index (Phi) is 13.7. The fourth-order valence-electron chi connectivity index (χ4n) is 7.29. The molecular formula is C43H47BrN3O8S+. The minimum absolute atomic E-state index is 0.0736. The third-order valence-corrected chi connectivity index (χ3v) is 11.3. The molecule has 3 aromatic carbocycles. The number of nitrogens with one attached hydrogen (secondary N) is 1. The lowest BCUT2D eigenvalue weighted by molar-refractivity contribution is -0.438. The van der Waals surface area contributed by atoms with E-state index in [1.54, 1.807) is 0 Å². The number of halogens is 1. The molecule has 13 heteroatoms. The molecule has 0 radical (unpaired) electrons. The number of carboxylic acids is 2. The summed E-state index contributed by atoms with van der Waals surface area (Å²) >= 11 is 3.60. The highest BCUT2D eigenvalue weighted by Gasteiger charge is 2.44. The van der Waals surface area contributed by atoms with Gasteiger partial charge in [0.15, 0.2) is 5.71 Å². The second-order valence-electron chi connectivity index (χ2n) is 14.3. The monoisotopic (exact) mass is 844 g/mol. The Balaban J connectivity index is 1.34. The molecule has 11 nitrogen and oxygen atoms in total. The lowest BCUT2D eigenvalue weighted by Crippen LogP contribution is -2.42. The zero-order valence-electron chi connectivity index (χ0n) is 31.4. The highest BCUT2D eigenvalue weighted by atomic mass is 79.9. The average Bonchev–Trinajstić information content (AvgIpc) is 3.51. The zero-order chi connectivity index (χ0) is 40.6. The molecule has 5 rings (SSSR count). The van der Waals surface area contributed by atoms with Gasteiger partial charge in [0.2, 0.25) is 11.6 Å². The van der Waals surface area contributed by atoms with Crippen molar-refractivity contribution in [1.29, 1.82) is 0 Å². The predicted octanol–water partition coefficient (Wildman–Crippen LogP) is 6.38. The second-order valence-corrected chi connectivity index (χ2v) is 16.8. The molecule has 2 heterocycles. The number of carbonyl (C=O) groups is 3. The number of aryl methyl sites for hydroxylation is 1. The van der Waals surface area contributed by atoms with Gasteiger partial charge in [-0.2, -0.15) is 13.0 Å². The summed E-state index contributed by atoms with van der Waals surface area (Å²) in [6.45, 7) is 9.95. The number of nitrogens with zero attached hydrogens (tertiary/aromatic N) is 2. The summed E-state index contributed by atoms with van der Waals surface area (Å²) < 4.78 is 37.2. The Morgan fingerprint density at radius 3 is 2.43 bits per heavy atom. The average molecular weight is 846 g/mol. The van der Waals surface area contributed by atoms with Crippen molar-refractivity contribution >= 4 is 89.6 Å². The van der Waals surface area contributed by atoms with Crippen molar-refractivity contribution in [3.63, 3.8) is 0 Å². The molecule has 0 aliphatic carbocycles. The van der Waals surface area contributed by atoms with Crippen molar-refractivity contribution < 1.29 is 42.1 Å². The number of hydrogen-bond acceptors (Lipinski definition) is 5. The minimum atomic E-state index is -4.03. The molecule has 1 amide bonds. The van der Waals surface area contributed by atoms with Crippen LogP contribution in [0.3, 0.4) is 0 Å². The van der Waals surface area contributed by atoms with E-state index in [2.05, 4.69) is 93.3 Å². The van der Waals surface area contributed by atoms with Gasteiger partial charge in [0, 0.05) is 63.0 Å². The van der Waals surface area contributed by atoms with Crippen molar-refractivity contribution in [3.8, 4) is 0 Å². The Bertz CT molecular complexity index is 2510. The van der Waals surface area contributed by atoms with Gasteiger partial charge >= 0.3 is 11.9 Å². The van der Waals surface area contributed by atoms with Crippen LogP contribution in [0.5, 0.6) is 0 Å². The van der Waals surface area contributed by atoms with Crippen LogP contribution >= 0.6 is 15.9 Å². The van der Waals surface area contributed by atoms with Crippen LogP contribution in [-0.2, 0) is 36.5 Å². The molecule has 4 N–H and O–H groups in total. The smallest absolute Gasteiger partial charge is 0.326 e. The minimum Gasteiger partial charge on any atom is -0.481 e. The first-order valence-electron chi connectivity index (χ1n) is 18.4. The molecule has 294 valence electrons. The van der Waals surface area contributed by atoms with Gasteiger partial charge in [0.1, 0.15) is 12.6 Å². The van der Waals surface area contributed by atoms with Gasteiger partial charge in [-0.15, -0.1) is 0 Å². The van der Waals surface area contributed by atoms with E-state index in [0.717, 1.165) is 48.1 Å². The molecule has 0 fully saturated rings. The van der Waals surface area contributed by atoms with Crippen molar-refractivity contribution in [1.82, 2.24) is 9.88 Å². The summed E-state index contributed by atoms with van der Waals surface area (Å²) in [7, 11) is -4.03. The summed E-state index contributed by atoms with van der Waals surface area (Å²) in [5.74, 6) is -3.47. The highest BCUT2D eigenvalue weighted by Crippen LogP contribution is 2.41. The standard InChI is InChI=1S/C43H46BrN3O8S/c1-29-35(46(24-13-14-26-56(53,54)55)36-23-20-30-15-9-10-16-32(30)41(29)36)17-7-5-4-6-8-18-38-43(2,3)33-22-21-31(44)27-37(33)47(38)25-12-11-19-39(48)45-34(42(51)52)28-40(49)50/h4-10,15-18,20-23,27,34H,1,11-14,19,24-26,28H2,2-3H3,(H3-,45,48,49,50,51,52,53,54,55)/p+1. The molecule has 1 aromatic heterocycles. The van der Waals surface area contributed by atoms with Crippen LogP contribution in [0.15, 0.2) is 95.5 Å². The molecule has 0 spiro atoms. The molecule has 1 aliphatic rings. The second kappa shape index (κ2) is 18.2. The van der Waals surface area contributed by atoms with Crippen LogP contribution in [0.1, 0.15) is 57.9 Å². The Labute approximate surface area is 334 Å². The third-order valence-electron chi connectivity index (χ3n) is 9.99. The normalized spacial score (nSPS) is 15.2. The summed E-state index contributed by atoms with van der Waals surface area (Å²) in [6.07, 6.45) is 15.3. The first kappa shape index (κ1) is 42.0. The summed E-state index contributed by atoms with van der Waals surface area (Å²) in [5.41, 5.74) is 4.01. The van der Waals surface area contributed by atoms with E-state index in [1.807, 2.05) is 54.7 Å². The number of aliphatic carboxylic acids is 2. The van der Waals surface area contributed by atoms with Crippen LogP contribution in [0, 0.1) is 0 Å². The summed E-state index contributed by atoms with van der Waals surface area (Å²) in [4.78, 5) is 34.8. The zero-order valence-corrected chi connectivity index (χ0v) is 33.9. The van der Waals surface area contributed by atoms with Crippen molar-refractivity contribution in [2.45, 2.75) is 70.4 Å². The topological polar surface area (TPSA) is 166 Å². The van der Waals surface area contributed by atoms with Crippen LogP contribution in [-0.4, -0.2) is 74.2 Å². The largest absolute Gasteiger partial charge is 0.481 e. The maximum atomic E-state index is 12.4. The number of rotatable bonds is 18. The van der Waals surface area contributed by atoms with Gasteiger partial charge < -0.3 is 20.1 Å². The van der Waals surface area contributed by atoms with E-state index in [9.17, 15) is 32.5 Å². The van der Waals surface area contributed by atoms with E-state index >= 15 is 0 Å². The van der Waals surface area contributed by atoms with Gasteiger partial charge in [-0.05, 0) is 62.1 Å². The maximum Gasteiger partial charge on any atom is 0.326 e. The molecule has 0 bridgehead atoms. The SMILES string of the molecule is C=c1c(=CC=CC=CC=CC2=[N+](CCCCC(=O)NC(CC(=O)O)C(=O)O)c3cc(Br)ccc3C2(C)C)n(CCCCS(=O)(=O)O)c2ccc3ccccc3c12. The molecule has 1 aliphatic heterocycles. The predicted molar refractivity (Wildman–Crippen MR) is 224 cm³/mol. The van der Waals surface area contributed by atoms with E-state index in [0.29, 0.717) is 38.8 Å². The number of allylic oxidation sites excluding steroid dienone is 6. The molecular weight excluding hydrogens is 798 g/mol. The van der Waals surface area contributed by atoms with E-state index in [-0.39, 0.29) is 17.6 Å². The lowest BCUT2D eigenvalue weighted by Gasteiger charge is -2.15. The lowest BCUT2D eigenvalue weighted by atomic mass is 9.81. The molecule has 1 atom stereocenters. The quantitative estimate of drug-likeness (QED) is 0.0388. The number of benzene rings is 3. The van der Waals surface area contributed by atoms with E-state index in [4.69, 9.17) is 5.11 Å². The van der Waals surface area contributed by atoms with Crippen LogP contribution in [0.2, 0.25) is 0 Å². The first-order chi connectivity index (χ1) is 26.6. The molecule has 4 aromatic rings. The van der Waals surface area contributed by atoms with Gasteiger partial charge in [0.05, 0.1) is 17.6 Å². The van der Waals surface area contributed by atoms with Crippen LogP contribution in [0.4, 0.5) is 5.69 Å². The van der Waals surface area contributed by atoms with E-state index < -0.39 is 40.4 Å². The molecule has 0 saturated heterocycles. The summed E-state index contributed by atoms with van der Waals surface area (Å²) in [5, 5.41) is 25.6. The van der Waals surface area contributed by atoms with Gasteiger partial charge in [-0.25, -0.2) is 4.79 Å². The number of aromatic nitrogens is 1. The third kappa shape index (κ3) is 10.2. The number of fused-ring (bicyclic) bond motifs is 4. The Morgan fingerprint density at radius 1 is 0.964 bits per heavy atom. The van der Waals surface area contributed by atoms with Crippen LogP contribution < -0.4 is 15.9 Å². The number of carboxylic acid groups (broad SMARTS) is 2. The highest BCUT2D eigenvalue weighted by molar-refractivity contribution is 9.10. The number of carbonyl (C=O) groups excluding carboxylic acids is 1. The summed E-state index contributed by atoms with van der Waals surface area (Å²) in [6, 6.07) is 17.0. The van der Waals surface area contributed by atoms with Crippen molar-refractivity contribution in [2.24, 2.45) is 0 Å².